The first kappa shape index (κ1) is 80.1. The SMILES string of the molecule is CCCCCCCCCCCC(=O)O[C@H](COC(=O)CCCCCCCCC)COP(=O)(O)OC[C@H](O)COP(=O)(O)OC[C@@H](COC(=O)CCCCCCCCCC(C)C)OC(=O)CCCCCCCCCCCCCCCC(C)C. The molecular formula is C63H122O17P2. The van der Waals surface area contributed by atoms with E-state index in [1.165, 1.54) is 109 Å². The Morgan fingerprint density at radius 2 is 0.561 bits per heavy atom. The molecule has 0 fully saturated rings. The van der Waals surface area contributed by atoms with Gasteiger partial charge in [0, 0.05) is 25.7 Å². The van der Waals surface area contributed by atoms with Crippen molar-refractivity contribution in [3.05, 3.63) is 0 Å². The third kappa shape index (κ3) is 57.2. The molecule has 0 radical (unpaired) electrons. The normalized spacial score (nSPS) is 14.3. The van der Waals surface area contributed by atoms with Crippen LogP contribution in [0.4, 0.5) is 0 Å². The molecule has 0 bridgehead atoms. The summed E-state index contributed by atoms with van der Waals surface area (Å²) < 4.78 is 67.8. The van der Waals surface area contributed by atoms with Gasteiger partial charge in [-0.05, 0) is 37.5 Å². The summed E-state index contributed by atoms with van der Waals surface area (Å²) in [6.45, 7) is 9.39. The van der Waals surface area contributed by atoms with Crippen molar-refractivity contribution in [1.29, 1.82) is 0 Å². The van der Waals surface area contributed by atoms with Crippen LogP contribution in [0.5, 0.6) is 0 Å². The van der Waals surface area contributed by atoms with Crippen LogP contribution in [0.15, 0.2) is 0 Å². The topological polar surface area (TPSA) is 237 Å². The molecule has 19 heteroatoms. The second-order valence-electron chi connectivity index (χ2n) is 23.7. The molecule has 2 unspecified atom stereocenters. The molecule has 0 heterocycles. The number of hydrogen-bond acceptors (Lipinski definition) is 15. The van der Waals surface area contributed by atoms with Gasteiger partial charge in [0.1, 0.15) is 19.3 Å². The molecule has 486 valence electrons. The highest BCUT2D eigenvalue weighted by molar-refractivity contribution is 7.47. The number of rotatable bonds is 62. The average Bonchev–Trinajstić information content (AvgIpc) is 3.45. The average molecular weight is 1210 g/mol. The fourth-order valence-electron chi connectivity index (χ4n) is 9.35. The molecule has 0 aromatic rings. The number of hydrogen-bond donors (Lipinski definition) is 3. The molecule has 82 heavy (non-hydrogen) atoms. The summed E-state index contributed by atoms with van der Waals surface area (Å²) in [5, 5.41) is 10.5. The van der Waals surface area contributed by atoms with E-state index < -0.39 is 97.5 Å². The number of unbranched alkanes of at least 4 members (excludes halogenated alkanes) is 32. The summed E-state index contributed by atoms with van der Waals surface area (Å²) in [6, 6.07) is 0. The summed E-state index contributed by atoms with van der Waals surface area (Å²) in [6.07, 6.45) is 37.8. The van der Waals surface area contributed by atoms with Crippen molar-refractivity contribution < 1.29 is 80.2 Å². The Bertz CT molecular complexity index is 1620. The van der Waals surface area contributed by atoms with Gasteiger partial charge >= 0.3 is 39.5 Å². The lowest BCUT2D eigenvalue weighted by Gasteiger charge is -2.21. The Kier molecular flexibility index (Phi) is 54.3. The predicted octanol–water partition coefficient (Wildman–Crippen LogP) is 17.3. The molecular weight excluding hydrogens is 1090 g/mol. The number of esters is 4. The van der Waals surface area contributed by atoms with Crippen molar-refractivity contribution in [1.82, 2.24) is 0 Å². The molecule has 17 nitrogen and oxygen atoms in total. The van der Waals surface area contributed by atoms with Gasteiger partial charge in [0.25, 0.3) is 0 Å². The van der Waals surface area contributed by atoms with Gasteiger partial charge in [0.15, 0.2) is 12.2 Å². The van der Waals surface area contributed by atoms with Crippen molar-refractivity contribution in [2.24, 2.45) is 11.8 Å². The number of phosphoric ester groups is 2. The Morgan fingerprint density at radius 3 is 0.829 bits per heavy atom. The second-order valence-corrected chi connectivity index (χ2v) is 26.7. The van der Waals surface area contributed by atoms with E-state index in [0.29, 0.717) is 31.6 Å². The number of aliphatic hydroxyl groups excluding tert-OH is 1. The van der Waals surface area contributed by atoms with Crippen LogP contribution in [0.3, 0.4) is 0 Å². The van der Waals surface area contributed by atoms with E-state index in [1.807, 2.05) is 0 Å². The lowest BCUT2D eigenvalue weighted by molar-refractivity contribution is -0.161. The second kappa shape index (κ2) is 55.6. The zero-order valence-electron chi connectivity index (χ0n) is 52.8. The monoisotopic (exact) mass is 1210 g/mol. The van der Waals surface area contributed by atoms with Crippen LogP contribution in [0.25, 0.3) is 0 Å². The maximum atomic E-state index is 13.0. The van der Waals surface area contributed by atoms with E-state index >= 15 is 0 Å². The van der Waals surface area contributed by atoms with Crippen LogP contribution >= 0.6 is 15.6 Å². The Labute approximate surface area is 498 Å². The van der Waals surface area contributed by atoms with Gasteiger partial charge in [-0.2, -0.15) is 0 Å². The van der Waals surface area contributed by atoms with Crippen LogP contribution in [-0.4, -0.2) is 96.7 Å². The summed E-state index contributed by atoms with van der Waals surface area (Å²) in [5.41, 5.74) is 0. The fraction of sp³-hybridized carbons (Fsp3) is 0.937. The number of ether oxygens (including phenoxy) is 4. The first-order chi connectivity index (χ1) is 39.4. The molecule has 0 saturated carbocycles. The van der Waals surface area contributed by atoms with Crippen molar-refractivity contribution >= 4 is 39.5 Å². The molecule has 0 saturated heterocycles. The summed E-state index contributed by atoms with van der Waals surface area (Å²) in [5.74, 6) is -0.649. The maximum Gasteiger partial charge on any atom is 0.472 e. The van der Waals surface area contributed by atoms with Crippen LogP contribution < -0.4 is 0 Å². The van der Waals surface area contributed by atoms with Crippen molar-refractivity contribution in [2.45, 2.75) is 330 Å². The highest BCUT2D eigenvalue weighted by Gasteiger charge is 2.30. The summed E-state index contributed by atoms with van der Waals surface area (Å²) in [4.78, 5) is 72.0. The minimum Gasteiger partial charge on any atom is -0.462 e. The van der Waals surface area contributed by atoms with Gasteiger partial charge in [-0.3, -0.25) is 37.3 Å². The van der Waals surface area contributed by atoms with Gasteiger partial charge in [0.2, 0.25) is 0 Å². The van der Waals surface area contributed by atoms with E-state index in [9.17, 15) is 43.2 Å². The first-order valence-electron chi connectivity index (χ1n) is 33.0. The highest BCUT2D eigenvalue weighted by Crippen LogP contribution is 2.45. The van der Waals surface area contributed by atoms with Crippen molar-refractivity contribution in [3.63, 3.8) is 0 Å². The molecule has 0 amide bonds. The maximum absolute atomic E-state index is 13.0. The lowest BCUT2D eigenvalue weighted by atomic mass is 10.0. The third-order valence-electron chi connectivity index (χ3n) is 14.5. The minimum absolute atomic E-state index is 0.105. The number of carbonyl (C=O) groups is 4. The van der Waals surface area contributed by atoms with Crippen LogP contribution in [0.1, 0.15) is 311 Å². The van der Waals surface area contributed by atoms with Gasteiger partial charge in [-0.1, -0.05) is 260 Å². The Morgan fingerprint density at radius 1 is 0.329 bits per heavy atom. The van der Waals surface area contributed by atoms with Crippen LogP contribution in [-0.2, 0) is 65.4 Å². The molecule has 0 rings (SSSR count). The smallest absolute Gasteiger partial charge is 0.462 e. The molecule has 0 aliphatic carbocycles. The molecule has 0 aromatic heterocycles. The van der Waals surface area contributed by atoms with E-state index in [1.54, 1.807) is 0 Å². The molecule has 0 spiro atoms. The first-order valence-corrected chi connectivity index (χ1v) is 36.0. The number of aliphatic hydroxyl groups is 1. The molecule has 5 atom stereocenters. The van der Waals surface area contributed by atoms with E-state index in [0.717, 1.165) is 115 Å². The van der Waals surface area contributed by atoms with Crippen molar-refractivity contribution in [2.75, 3.05) is 39.6 Å². The summed E-state index contributed by atoms with van der Waals surface area (Å²) >= 11 is 0. The molecule has 0 aliphatic rings. The van der Waals surface area contributed by atoms with E-state index in [4.69, 9.17) is 37.0 Å². The van der Waals surface area contributed by atoms with Crippen LogP contribution in [0, 0.1) is 11.8 Å². The molecule has 3 N–H and O–H groups in total. The van der Waals surface area contributed by atoms with E-state index in [-0.39, 0.29) is 25.7 Å². The largest absolute Gasteiger partial charge is 0.472 e. The quantitative estimate of drug-likeness (QED) is 0.0222. The molecule has 0 aliphatic heterocycles. The summed E-state index contributed by atoms with van der Waals surface area (Å²) in [7, 11) is -9.88. The van der Waals surface area contributed by atoms with Gasteiger partial charge in [-0.25, -0.2) is 9.13 Å². The number of carbonyl (C=O) groups excluding carboxylic acids is 4. The van der Waals surface area contributed by atoms with E-state index in [2.05, 4.69) is 41.5 Å². The predicted molar refractivity (Wildman–Crippen MR) is 326 cm³/mol. The minimum atomic E-state index is -4.94. The van der Waals surface area contributed by atoms with Gasteiger partial charge in [-0.15, -0.1) is 0 Å². The fourth-order valence-corrected chi connectivity index (χ4v) is 10.9. The van der Waals surface area contributed by atoms with Gasteiger partial charge < -0.3 is 33.8 Å². The Balaban J connectivity index is 5.19. The van der Waals surface area contributed by atoms with Crippen LogP contribution in [0.2, 0.25) is 0 Å². The van der Waals surface area contributed by atoms with Crippen molar-refractivity contribution in [3.8, 4) is 0 Å². The zero-order valence-corrected chi connectivity index (χ0v) is 54.6. The molecule has 0 aromatic carbocycles. The highest BCUT2D eigenvalue weighted by atomic mass is 31.2. The zero-order chi connectivity index (χ0) is 60.8. The Hall–Kier alpha value is -1.94. The van der Waals surface area contributed by atoms with Gasteiger partial charge in [0.05, 0.1) is 26.4 Å². The lowest BCUT2D eigenvalue weighted by Crippen LogP contribution is -2.30. The third-order valence-corrected chi connectivity index (χ3v) is 16.4. The number of phosphoric acid groups is 2. The standard InChI is InChI=1S/C63H122O17P2/c1-7-9-11-13-15-21-28-35-41-47-62(67)79-58(51-73-60(65)45-39-33-25-14-12-10-8-2)53-77-81(69,70)75-49-57(64)50-76-82(71,72)78-54-59(52-74-61(66)46-40-34-30-24-27-32-38-44-56(5)6)80-63(68)48-42-36-29-23-20-18-16-17-19-22-26-31-37-43-55(3)4/h55-59,64H,7-54H2,1-6H3,(H,69,70)(H,71,72)/t57-,58+,59+/m0/s1.